The summed E-state index contributed by atoms with van der Waals surface area (Å²) in [6, 6.07) is 4.11. The summed E-state index contributed by atoms with van der Waals surface area (Å²) in [6.07, 6.45) is 0. The van der Waals surface area contributed by atoms with E-state index in [1.165, 1.54) is 19.2 Å². The molecule has 0 aliphatic heterocycles. The van der Waals surface area contributed by atoms with Crippen LogP contribution in [0.2, 0.25) is 0 Å². The quantitative estimate of drug-likeness (QED) is 0.839. The van der Waals surface area contributed by atoms with Crippen LogP contribution in [0.1, 0.15) is 49.7 Å². The van der Waals surface area contributed by atoms with Crippen LogP contribution in [0.4, 0.5) is 4.39 Å². The molecule has 0 heterocycles. The van der Waals surface area contributed by atoms with Crippen LogP contribution in [0, 0.1) is 5.82 Å². The van der Waals surface area contributed by atoms with Gasteiger partial charge in [-0.1, -0.05) is 6.07 Å². The minimum Gasteiger partial charge on any atom is -0.598 e. The van der Waals surface area contributed by atoms with Gasteiger partial charge in [-0.3, -0.25) is 4.79 Å². The Labute approximate surface area is 122 Å². The Kier molecular flexibility index (Phi) is 5.56. The zero-order chi connectivity index (χ0) is 15.5. The van der Waals surface area contributed by atoms with Crippen molar-refractivity contribution in [3.05, 3.63) is 35.1 Å². The van der Waals surface area contributed by atoms with Crippen LogP contribution in [0.15, 0.2) is 18.2 Å². The molecule has 1 aromatic rings. The van der Waals surface area contributed by atoms with Gasteiger partial charge >= 0.3 is 0 Å². The van der Waals surface area contributed by atoms with Gasteiger partial charge in [0.05, 0.1) is 11.6 Å². The van der Waals surface area contributed by atoms with Gasteiger partial charge in [0.15, 0.2) is 0 Å². The molecule has 0 aromatic heterocycles. The first kappa shape index (κ1) is 16.9. The number of carbonyl (C=O) groups excluding carboxylic acids is 1. The van der Waals surface area contributed by atoms with Crippen molar-refractivity contribution in [1.29, 1.82) is 0 Å². The van der Waals surface area contributed by atoms with E-state index in [-0.39, 0.29) is 11.6 Å². The zero-order valence-corrected chi connectivity index (χ0v) is 13.2. The maximum absolute atomic E-state index is 13.9. The molecule has 6 heteroatoms. The average Bonchev–Trinajstić information content (AvgIpc) is 2.36. The summed E-state index contributed by atoms with van der Waals surface area (Å²) in [4.78, 5) is 11.4. The molecule has 4 nitrogen and oxygen atoms in total. The molecule has 2 N–H and O–H groups in total. The number of carbonyl (C=O) groups is 1. The highest BCUT2D eigenvalue weighted by Crippen LogP contribution is 2.21. The Hall–Kier alpha value is -1.11. The SMILES string of the molecule is CNC(=O)c1ccc(C(C)N[S@@+]([O-])C(C)(C)C)cc1F. The Morgan fingerprint density at radius 3 is 2.45 bits per heavy atom. The van der Waals surface area contributed by atoms with E-state index >= 15 is 0 Å². The minimum absolute atomic E-state index is 0.000365. The molecule has 0 radical (unpaired) electrons. The van der Waals surface area contributed by atoms with Gasteiger partial charge in [0, 0.05) is 18.4 Å². The van der Waals surface area contributed by atoms with Crippen LogP contribution < -0.4 is 10.0 Å². The fourth-order valence-corrected chi connectivity index (χ4v) is 2.34. The molecule has 1 amide bonds. The van der Waals surface area contributed by atoms with Crippen molar-refractivity contribution < 1.29 is 13.7 Å². The number of amides is 1. The number of halogens is 1. The Bertz CT molecular complexity index is 489. The molecule has 0 saturated carbocycles. The van der Waals surface area contributed by atoms with Crippen LogP contribution in [0.3, 0.4) is 0 Å². The Balaban J connectivity index is 2.88. The van der Waals surface area contributed by atoms with Crippen molar-refractivity contribution in [1.82, 2.24) is 10.0 Å². The van der Waals surface area contributed by atoms with Gasteiger partial charge < -0.3 is 9.87 Å². The second kappa shape index (κ2) is 6.56. The molecule has 0 aliphatic carbocycles. The van der Waals surface area contributed by atoms with E-state index in [0.29, 0.717) is 5.56 Å². The molecular formula is C14H21FN2O2S. The van der Waals surface area contributed by atoms with Gasteiger partial charge in [-0.25, -0.2) is 4.39 Å². The fraction of sp³-hybridized carbons (Fsp3) is 0.500. The molecular weight excluding hydrogens is 279 g/mol. The topological polar surface area (TPSA) is 64.2 Å². The number of benzene rings is 1. The fourth-order valence-electron chi connectivity index (χ4n) is 1.52. The lowest BCUT2D eigenvalue weighted by Gasteiger charge is -2.26. The third-order valence-corrected chi connectivity index (χ3v) is 4.48. The summed E-state index contributed by atoms with van der Waals surface area (Å²) in [7, 11) is 1.45. The summed E-state index contributed by atoms with van der Waals surface area (Å²) in [5.41, 5.74) is 0.646. The summed E-state index contributed by atoms with van der Waals surface area (Å²) in [6.45, 7) is 7.38. The number of hydrogen-bond donors (Lipinski definition) is 2. The predicted octanol–water partition coefficient (Wildman–Crippen LogP) is 2.30. The lowest BCUT2D eigenvalue weighted by Crippen LogP contribution is -2.40. The number of nitrogens with one attached hydrogen (secondary N) is 2. The normalized spacial score (nSPS) is 14.8. The van der Waals surface area contributed by atoms with E-state index in [2.05, 4.69) is 10.0 Å². The van der Waals surface area contributed by atoms with Gasteiger partial charge in [0.25, 0.3) is 5.91 Å². The largest absolute Gasteiger partial charge is 0.598 e. The van der Waals surface area contributed by atoms with E-state index in [1.54, 1.807) is 13.0 Å². The van der Waals surface area contributed by atoms with Gasteiger partial charge in [0.1, 0.15) is 10.6 Å². The van der Waals surface area contributed by atoms with Crippen LogP contribution in [-0.2, 0) is 11.4 Å². The number of hydrogen-bond acceptors (Lipinski definition) is 3. The first-order valence-corrected chi connectivity index (χ1v) is 7.51. The van der Waals surface area contributed by atoms with Crippen molar-refractivity contribution in [3.8, 4) is 0 Å². The van der Waals surface area contributed by atoms with E-state index in [9.17, 15) is 13.7 Å². The maximum Gasteiger partial charge on any atom is 0.253 e. The Morgan fingerprint density at radius 2 is 2.00 bits per heavy atom. The van der Waals surface area contributed by atoms with Gasteiger partial charge in [0.2, 0.25) is 0 Å². The van der Waals surface area contributed by atoms with Crippen molar-refractivity contribution >= 4 is 17.3 Å². The van der Waals surface area contributed by atoms with Gasteiger partial charge in [-0.15, -0.1) is 4.72 Å². The molecule has 112 valence electrons. The van der Waals surface area contributed by atoms with E-state index in [4.69, 9.17) is 0 Å². The van der Waals surface area contributed by atoms with Crippen LogP contribution in [0.5, 0.6) is 0 Å². The lowest BCUT2D eigenvalue weighted by atomic mass is 10.1. The molecule has 1 unspecified atom stereocenters. The third kappa shape index (κ3) is 4.19. The molecule has 0 fully saturated rings. The van der Waals surface area contributed by atoms with Crippen LogP contribution in [0.25, 0.3) is 0 Å². The molecule has 2 atom stereocenters. The minimum atomic E-state index is -1.24. The second-order valence-electron chi connectivity index (χ2n) is 5.54. The smallest absolute Gasteiger partial charge is 0.253 e. The Morgan fingerprint density at radius 1 is 1.40 bits per heavy atom. The summed E-state index contributed by atoms with van der Waals surface area (Å²) in [5.74, 6) is -1.05. The van der Waals surface area contributed by atoms with Gasteiger partial charge in [-0.2, -0.15) is 0 Å². The van der Waals surface area contributed by atoms with Crippen molar-refractivity contribution in [2.24, 2.45) is 0 Å². The molecule has 0 saturated heterocycles. The monoisotopic (exact) mass is 300 g/mol. The molecule has 1 rings (SSSR count). The molecule has 20 heavy (non-hydrogen) atoms. The lowest BCUT2D eigenvalue weighted by molar-refractivity contribution is 0.0959. The average molecular weight is 300 g/mol. The molecule has 0 bridgehead atoms. The van der Waals surface area contributed by atoms with E-state index in [1.807, 2.05) is 20.8 Å². The first-order valence-electron chi connectivity index (χ1n) is 6.36. The van der Waals surface area contributed by atoms with Crippen molar-refractivity contribution in [2.45, 2.75) is 38.5 Å². The predicted molar refractivity (Wildman–Crippen MR) is 79.2 cm³/mol. The maximum atomic E-state index is 13.9. The molecule has 0 aliphatic rings. The zero-order valence-electron chi connectivity index (χ0n) is 12.4. The third-order valence-electron chi connectivity index (χ3n) is 2.80. The highest BCUT2D eigenvalue weighted by molar-refractivity contribution is 7.90. The van der Waals surface area contributed by atoms with Gasteiger partial charge in [-0.05, 0) is 45.4 Å². The summed E-state index contributed by atoms with van der Waals surface area (Å²) >= 11 is -1.24. The highest BCUT2D eigenvalue weighted by Gasteiger charge is 2.28. The number of rotatable bonds is 4. The highest BCUT2D eigenvalue weighted by atomic mass is 32.2. The van der Waals surface area contributed by atoms with Crippen LogP contribution >= 0.6 is 0 Å². The van der Waals surface area contributed by atoms with Crippen LogP contribution in [-0.4, -0.2) is 22.3 Å². The standard InChI is InChI=1S/C14H21FN2O2S/c1-9(17-20(19)14(2,3)4)10-6-7-11(12(15)8-10)13(18)16-5/h6-9,17H,1-5H3,(H,16,18)/t9?,20-/m0/s1. The molecule has 1 aromatic carbocycles. The van der Waals surface area contributed by atoms with E-state index in [0.717, 1.165) is 0 Å². The first-order chi connectivity index (χ1) is 9.16. The summed E-state index contributed by atoms with van der Waals surface area (Å²) < 4.78 is 28.4. The van der Waals surface area contributed by atoms with E-state index < -0.39 is 27.8 Å². The second-order valence-corrected chi connectivity index (χ2v) is 7.54. The summed E-state index contributed by atoms with van der Waals surface area (Å²) in [5, 5.41) is 2.38. The van der Waals surface area contributed by atoms with Crippen molar-refractivity contribution in [3.63, 3.8) is 0 Å². The molecule has 0 spiro atoms. The van der Waals surface area contributed by atoms with Crippen molar-refractivity contribution in [2.75, 3.05) is 7.05 Å².